The lowest BCUT2D eigenvalue weighted by Crippen LogP contribution is -2.36. The standard InChI is InChI=1S/C23H25N5O2/c1-24-22(30)17-7-9-18(10-8-17)25-23-26-20(16-5-3-2-4-6-16)15-21(27-23)28-13-11-19(29)12-14-28/h2-10,15,19,29H,11-14H2,1H3,(H,24,30)(H,25,26,27). The molecular formula is C23H25N5O2. The number of amides is 1. The van der Waals surface area contributed by atoms with Crippen molar-refractivity contribution in [3.8, 4) is 11.3 Å². The van der Waals surface area contributed by atoms with Crippen LogP contribution in [0.2, 0.25) is 0 Å². The summed E-state index contributed by atoms with van der Waals surface area (Å²) in [4.78, 5) is 23.4. The molecule has 154 valence electrons. The Morgan fingerprint density at radius 1 is 1.03 bits per heavy atom. The fourth-order valence-corrected chi connectivity index (χ4v) is 3.48. The number of hydrogen-bond acceptors (Lipinski definition) is 6. The molecule has 1 aliphatic heterocycles. The molecule has 3 N–H and O–H groups in total. The van der Waals surface area contributed by atoms with E-state index in [1.165, 1.54) is 0 Å². The predicted molar refractivity (Wildman–Crippen MR) is 118 cm³/mol. The van der Waals surface area contributed by atoms with Gasteiger partial charge in [0.25, 0.3) is 5.91 Å². The van der Waals surface area contributed by atoms with Gasteiger partial charge in [-0.3, -0.25) is 4.79 Å². The van der Waals surface area contributed by atoms with E-state index in [0.29, 0.717) is 11.5 Å². The summed E-state index contributed by atoms with van der Waals surface area (Å²) in [5.41, 5.74) is 3.23. The molecule has 1 amide bonds. The minimum atomic E-state index is -0.242. The maximum absolute atomic E-state index is 11.7. The normalized spacial score (nSPS) is 14.4. The Balaban J connectivity index is 1.64. The Kier molecular flexibility index (Phi) is 5.90. The van der Waals surface area contributed by atoms with E-state index in [1.807, 2.05) is 48.5 Å². The van der Waals surface area contributed by atoms with Crippen LogP contribution in [0.3, 0.4) is 0 Å². The second-order valence-electron chi connectivity index (χ2n) is 7.30. The first-order valence-corrected chi connectivity index (χ1v) is 10.1. The van der Waals surface area contributed by atoms with E-state index in [4.69, 9.17) is 9.97 Å². The molecule has 1 aromatic heterocycles. The minimum absolute atomic E-state index is 0.126. The largest absolute Gasteiger partial charge is 0.393 e. The summed E-state index contributed by atoms with van der Waals surface area (Å²) in [7, 11) is 1.61. The summed E-state index contributed by atoms with van der Waals surface area (Å²) in [5.74, 6) is 1.20. The molecule has 0 unspecified atom stereocenters. The first-order valence-electron chi connectivity index (χ1n) is 10.1. The molecule has 2 heterocycles. The molecule has 1 saturated heterocycles. The first-order chi connectivity index (χ1) is 14.6. The monoisotopic (exact) mass is 403 g/mol. The van der Waals surface area contributed by atoms with Crippen molar-refractivity contribution in [2.45, 2.75) is 18.9 Å². The van der Waals surface area contributed by atoms with E-state index in [9.17, 15) is 9.90 Å². The molecule has 0 saturated carbocycles. The van der Waals surface area contributed by atoms with Gasteiger partial charge in [-0.15, -0.1) is 0 Å². The van der Waals surface area contributed by atoms with Crippen LogP contribution in [-0.4, -0.2) is 47.2 Å². The Labute approximate surface area is 175 Å². The molecule has 1 aliphatic rings. The molecular weight excluding hydrogens is 378 g/mol. The molecule has 0 spiro atoms. The third-order valence-electron chi connectivity index (χ3n) is 5.20. The lowest BCUT2D eigenvalue weighted by Gasteiger charge is -2.30. The second-order valence-corrected chi connectivity index (χ2v) is 7.30. The van der Waals surface area contributed by atoms with Crippen molar-refractivity contribution in [3.05, 3.63) is 66.2 Å². The number of carbonyl (C=O) groups is 1. The number of carbonyl (C=O) groups excluding carboxylic acids is 1. The number of nitrogens with one attached hydrogen (secondary N) is 2. The minimum Gasteiger partial charge on any atom is -0.393 e. The lowest BCUT2D eigenvalue weighted by molar-refractivity contribution is 0.0963. The first kappa shape index (κ1) is 19.8. The van der Waals surface area contributed by atoms with E-state index in [2.05, 4.69) is 15.5 Å². The van der Waals surface area contributed by atoms with Gasteiger partial charge in [0, 0.05) is 43.0 Å². The highest BCUT2D eigenvalue weighted by Gasteiger charge is 2.20. The SMILES string of the molecule is CNC(=O)c1ccc(Nc2nc(-c3ccccc3)cc(N3CCC(O)CC3)n2)cc1. The quantitative estimate of drug-likeness (QED) is 0.606. The van der Waals surface area contributed by atoms with Gasteiger partial charge in [0.05, 0.1) is 11.8 Å². The van der Waals surface area contributed by atoms with Crippen LogP contribution >= 0.6 is 0 Å². The number of rotatable bonds is 5. The maximum atomic E-state index is 11.7. The van der Waals surface area contributed by atoms with E-state index in [0.717, 1.165) is 48.7 Å². The van der Waals surface area contributed by atoms with Crippen molar-refractivity contribution in [1.82, 2.24) is 15.3 Å². The molecule has 2 aromatic carbocycles. The summed E-state index contributed by atoms with van der Waals surface area (Å²) in [6, 6.07) is 19.2. The molecule has 7 heteroatoms. The van der Waals surface area contributed by atoms with Gasteiger partial charge in [0.1, 0.15) is 5.82 Å². The fourth-order valence-electron chi connectivity index (χ4n) is 3.48. The van der Waals surface area contributed by atoms with Gasteiger partial charge in [0.15, 0.2) is 0 Å². The van der Waals surface area contributed by atoms with E-state index < -0.39 is 0 Å². The molecule has 0 radical (unpaired) electrons. The van der Waals surface area contributed by atoms with Crippen LogP contribution in [0.15, 0.2) is 60.7 Å². The Morgan fingerprint density at radius 2 is 1.73 bits per heavy atom. The van der Waals surface area contributed by atoms with Crippen molar-refractivity contribution in [2.75, 3.05) is 30.4 Å². The molecule has 0 bridgehead atoms. The molecule has 7 nitrogen and oxygen atoms in total. The number of nitrogens with zero attached hydrogens (tertiary/aromatic N) is 3. The zero-order valence-corrected chi connectivity index (χ0v) is 16.9. The summed E-state index contributed by atoms with van der Waals surface area (Å²) in [6.45, 7) is 1.51. The zero-order valence-electron chi connectivity index (χ0n) is 16.9. The maximum Gasteiger partial charge on any atom is 0.251 e. The molecule has 0 atom stereocenters. The number of anilines is 3. The van der Waals surface area contributed by atoms with Gasteiger partial charge >= 0.3 is 0 Å². The van der Waals surface area contributed by atoms with Crippen molar-refractivity contribution in [2.24, 2.45) is 0 Å². The Hall–Kier alpha value is -3.45. The van der Waals surface area contributed by atoms with Crippen LogP contribution in [0, 0.1) is 0 Å². The van der Waals surface area contributed by atoms with Gasteiger partial charge in [-0.2, -0.15) is 4.98 Å². The number of hydrogen-bond donors (Lipinski definition) is 3. The van der Waals surface area contributed by atoms with Gasteiger partial charge in [-0.05, 0) is 37.1 Å². The third kappa shape index (κ3) is 4.58. The smallest absolute Gasteiger partial charge is 0.251 e. The lowest BCUT2D eigenvalue weighted by atomic mass is 10.1. The number of benzene rings is 2. The average molecular weight is 403 g/mol. The van der Waals surface area contributed by atoms with Crippen LogP contribution in [0.5, 0.6) is 0 Å². The summed E-state index contributed by atoms with van der Waals surface area (Å²) in [5, 5.41) is 15.7. The van der Waals surface area contributed by atoms with E-state index in [1.54, 1.807) is 19.2 Å². The number of aromatic nitrogens is 2. The van der Waals surface area contributed by atoms with Crippen LogP contribution in [-0.2, 0) is 0 Å². The number of aliphatic hydroxyl groups excluding tert-OH is 1. The average Bonchev–Trinajstić information content (AvgIpc) is 2.80. The van der Waals surface area contributed by atoms with Gasteiger partial charge in [0.2, 0.25) is 5.95 Å². The van der Waals surface area contributed by atoms with Crippen LogP contribution < -0.4 is 15.5 Å². The number of piperidine rings is 1. The molecule has 3 aromatic rings. The second kappa shape index (κ2) is 8.92. The van der Waals surface area contributed by atoms with Gasteiger partial charge in [-0.25, -0.2) is 4.98 Å². The Bertz CT molecular complexity index is 1000. The van der Waals surface area contributed by atoms with Crippen molar-refractivity contribution < 1.29 is 9.90 Å². The highest BCUT2D eigenvalue weighted by molar-refractivity contribution is 5.94. The summed E-state index contributed by atoms with van der Waals surface area (Å²) in [6.07, 6.45) is 1.22. The topological polar surface area (TPSA) is 90.4 Å². The molecule has 0 aliphatic carbocycles. The highest BCUT2D eigenvalue weighted by atomic mass is 16.3. The van der Waals surface area contributed by atoms with Crippen molar-refractivity contribution in [3.63, 3.8) is 0 Å². The number of aliphatic hydroxyl groups is 1. The van der Waals surface area contributed by atoms with Gasteiger partial charge in [-0.1, -0.05) is 30.3 Å². The Morgan fingerprint density at radius 3 is 2.40 bits per heavy atom. The zero-order chi connectivity index (χ0) is 20.9. The van der Waals surface area contributed by atoms with E-state index in [-0.39, 0.29) is 12.0 Å². The summed E-state index contributed by atoms with van der Waals surface area (Å²) >= 11 is 0. The fraction of sp³-hybridized carbons (Fsp3) is 0.261. The molecule has 1 fully saturated rings. The van der Waals surface area contributed by atoms with Crippen LogP contribution in [0.1, 0.15) is 23.2 Å². The molecule has 4 rings (SSSR count). The molecule has 30 heavy (non-hydrogen) atoms. The van der Waals surface area contributed by atoms with Crippen LogP contribution in [0.25, 0.3) is 11.3 Å². The third-order valence-corrected chi connectivity index (χ3v) is 5.20. The predicted octanol–water partition coefficient (Wildman–Crippen LogP) is 3.21. The van der Waals surface area contributed by atoms with Crippen LogP contribution in [0.4, 0.5) is 17.5 Å². The van der Waals surface area contributed by atoms with Crippen molar-refractivity contribution in [1.29, 1.82) is 0 Å². The highest BCUT2D eigenvalue weighted by Crippen LogP contribution is 2.27. The van der Waals surface area contributed by atoms with E-state index >= 15 is 0 Å². The van der Waals surface area contributed by atoms with Gasteiger partial charge < -0.3 is 20.6 Å². The van der Waals surface area contributed by atoms with Crippen molar-refractivity contribution >= 4 is 23.4 Å². The summed E-state index contributed by atoms with van der Waals surface area (Å²) < 4.78 is 0.